The third-order valence-electron chi connectivity index (χ3n) is 2.92. The molecule has 0 aliphatic heterocycles. The lowest BCUT2D eigenvalue weighted by Gasteiger charge is -2.31. The van der Waals surface area contributed by atoms with Crippen molar-refractivity contribution in [1.29, 1.82) is 5.26 Å². The Bertz CT molecular complexity index is 401. The second kappa shape index (κ2) is 3.11. The number of hydrogen-bond donors (Lipinski definition) is 1. The minimum absolute atomic E-state index is 0.682. The number of aryl methyl sites for hydroxylation is 1. The lowest BCUT2D eigenvalue weighted by Crippen LogP contribution is -2.26. The molecule has 1 unspecified atom stereocenters. The standard InChI is InChI=1S/C12H13NO/c1-12(14)6-2-3-10-7-9(8-13)4-5-11(10)12/h4-5,7,14H,2-3,6H2,1H3. The van der Waals surface area contributed by atoms with E-state index in [1.807, 2.05) is 19.1 Å². The van der Waals surface area contributed by atoms with E-state index in [2.05, 4.69) is 6.07 Å². The fourth-order valence-corrected chi connectivity index (χ4v) is 2.15. The second-order valence-electron chi connectivity index (χ2n) is 4.11. The van der Waals surface area contributed by atoms with Crippen molar-refractivity contribution in [2.75, 3.05) is 0 Å². The maximum absolute atomic E-state index is 10.1. The molecule has 14 heavy (non-hydrogen) atoms. The summed E-state index contributed by atoms with van der Waals surface area (Å²) in [5, 5.41) is 18.9. The van der Waals surface area contributed by atoms with Gasteiger partial charge in [-0.2, -0.15) is 5.26 Å². The van der Waals surface area contributed by atoms with Gasteiger partial charge in [0, 0.05) is 0 Å². The predicted octanol–water partition coefficient (Wildman–Crippen LogP) is 2.10. The minimum atomic E-state index is -0.707. The summed E-state index contributed by atoms with van der Waals surface area (Å²) >= 11 is 0. The molecule has 0 amide bonds. The Balaban J connectivity index is 2.53. The van der Waals surface area contributed by atoms with Crippen molar-refractivity contribution in [3.63, 3.8) is 0 Å². The number of aliphatic hydroxyl groups is 1. The monoisotopic (exact) mass is 187 g/mol. The summed E-state index contributed by atoms with van der Waals surface area (Å²) in [5.41, 5.74) is 2.09. The van der Waals surface area contributed by atoms with Crippen LogP contribution in [0.25, 0.3) is 0 Å². The van der Waals surface area contributed by atoms with Crippen LogP contribution in [0, 0.1) is 11.3 Å². The summed E-state index contributed by atoms with van der Waals surface area (Å²) in [5.74, 6) is 0. The Labute approximate surface area is 83.8 Å². The third kappa shape index (κ3) is 1.40. The van der Waals surface area contributed by atoms with Crippen LogP contribution in [-0.4, -0.2) is 5.11 Å². The molecule has 0 spiro atoms. The van der Waals surface area contributed by atoms with E-state index < -0.39 is 5.60 Å². The summed E-state index contributed by atoms with van der Waals surface area (Å²) in [6, 6.07) is 7.67. The van der Waals surface area contributed by atoms with E-state index in [1.54, 1.807) is 6.07 Å². The zero-order valence-corrected chi connectivity index (χ0v) is 8.25. The number of rotatable bonds is 0. The number of benzene rings is 1. The predicted molar refractivity (Wildman–Crippen MR) is 53.7 cm³/mol. The van der Waals surface area contributed by atoms with Crippen molar-refractivity contribution in [2.24, 2.45) is 0 Å². The average molecular weight is 187 g/mol. The molecule has 1 N–H and O–H groups in total. The maximum atomic E-state index is 10.1. The summed E-state index contributed by atoms with van der Waals surface area (Å²) < 4.78 is 0. The molecule has 1 atom stereocenters. The van der Waals surface area contributed by atoms with E-state index in [-0.39, 0.29) is 0 Å². The smallest absolute Gasteiger partial charge is 0.0991 e. The van der Waals surface area contributed by atoms with Crippen molar-refractivity contribution in [2.45, 2.75) is 31.8 Å². The van der Waals surface area contributed by atoms with Crippen LogP contribution in [0.15, 0.2) is 18.2 Å². The molecule has 1 aliphatic rings. The van der Waals surface area contributed by atoms with E-state index in [1.165, 1.54) is 0 Å². The first-order chi connectivity index (χ1) is 6.63. The van der Waals surface area contributed by atoms with Crippen LogP contribution in [0.5, 0.6) is 0 Å². The quantitative estimate of drug-likeness (QED) is 0.676. The fourth-order valence-electron chi connectivity index (χ4n) is 2.15. The molecular formula is C12H13NO. The van der Waals surface area contributed by atoms with E-state index >= 15 is 0 Å². The summed E-state index contributed by atoms with van der Waals surface area (Å²) in [7, 11) is 0. The van der Waals surface area contributed by atoms with Gasteiger partial charge in [0.2, 0.25) is 0 Å². The Kier molecular flexibility index (Phi) is 2.05. The largest absolute Gasteiger partial charge is 0.385 e. The number of hydrogen-bond acceptors (Lipinski definition) is 2. The normalized spacial score (nSPS) is 25.2. The maximum Gasteiger partial charge on any atom is 0.0991 e. The lowest BCUT2D eigenvalue weighted by molar-refractivity contribution is 0.0387. The highest BCUT2D eigenvalue weighted by molar-refractivity contribution is 5.41. The number of fused-ring (bicyclic) bond motifs is 1. The van der Waals surface area contributed by atoms with Gasteiger partial charge >= 0.3 is 0 Å². The Morgan fingerprint density at radius 1 is 1.50 bits per heavy atom. The van der Waals surface area contributed by atoms with Gasteiger partial charge in [0.25, 0.3) is 0 Å². The highest BCUT2D eigenvalue weighted by atomic mass is 16.3. The third-order valence-corrected chi connectivity index (χ3v) is 2.92. The molecule has 0 fully saturated rings. The summed E-state index contributed by atoms with van der Waals surface area (Å²) in [6.45, 7) is 1.84. The van der Waals surface area contributed by atoms with Crippen molar-refractivity contribution < 1.29 is 5.11 Å². The molecule has 72 valence electrons. The van der Waals surface area contributed by atoms with Crippen molar-refractivity contribution in [3.05, 3.63) is 34.9 Å². The molecule has 2 heteroatoms. The van der Waals surface area contributed by atoms with E-state index in [0.717, 1.165) is 30.4 Å². The van der Waals surface area contributed by atoms with Gasteiger partial charge in [-0.05, 0) is 49.4 Å². The molecule has 0 aromatic heterocycles. The topological polar surface area (TPSA) is 44.0 Å². The molecule has 2 rings (SSSR count). The van der Waals surface area contributed by atoms with Crippen molar-refractivity contribution in [3.8, 4) is 6.07 Å². The average Bonchev–Trinajstić information content (AvgIpc) is 2.16. The van der Waals surface area contributed by atoms with Crippen LogP contribution in [0.2, 0.25) is 0 Å². The van der Waals surface area contributed by atoms with Crippen LogP contribution in [-0.2, 0) is 12.0 Å². The summed E-state index contributed by atoms with van der Waals surface area (Å²) in [4.78, 5) is 0. The van der Waals surface area contributed by atoms with Gasteiger partial charge in [0.15, 0.2) is 0 Å². The highest BCUT2D eigenvalue weighted by Gasteiger charge is 2.29. The van der Waals surface area contributed by atoms with Crippen LogP contribution >= 0.6 is 0 Å². The molecule has 1 aliphatic carbocycles. The molecule has 1 aromatic carbocycles. The molecule has 2 nitrogen and oxygen atoms in total. The Hall–Kier alpha value is -1.33. The number of nitrogens with zero attached hydrogens (tertiary/aromatic N) is 1. The highest BCUT2D eigenvalue weighted by Crippen LogP contribution is 2.34. The Morgan fingerprint density at radius 3 is 3.00 bits per heavy atom. The van der Waals surface area contributed by atoms with Gasteiger partial charge in [-0.1, -0.05) is 6.07 Å². The first kappa shape index (κ1) is 9.23. The fraction of sp³-hybridized carbons (Fsp3) is 0.417. The molecule has 0 saturated carbocycles. The minimum Gasteiger partial charge on any atom is -0.385 e. The van der Waals surface area contributed by atoms with Crippen LogP contribution in [0.4, 0.5) is 0 Å². The van der Waals surface area contributed by atoms with Crippen molar-refractivity contribution in [1.82, 2.24) is 0 Å². The van der Waals surface area contributed by atoms with Crippen LogP contribution < -0.4 is 0 Å². The second-order valence-corrected chi connectivity index (χ2v) is 4.11. The Morgan fingerprint density at radius 2 is 2.29 bits per heavy atom. The molecule has 0 saturated heterocycles. The molecule has 0 heterocycles. The van der Waals surface area contributed by atoms with E-state index in [4.69, 9.17) is 5.26 Å². The van der Waals surface area contributed by atoms with Crippen molar-refractivity contribution >= 4 is 0 Å². The zero-order valence-electron chi connectivity index (χ0n) is 8.25. The van der Waals surface area contributed by atoms with Gasteiger partial charge in [0.05, 0.1) is 17.2 Å². The zero-order chi connectivity index (χ0) is 10.2. The molecule has 1 aromatic rings. The summed E-state index contributed by atoms with van der Waals surface area (Å²) in [6.07, 6.45) is 2.78. The number of nitriles is 1. The van der Waals surface area contributed by atoms with Gasteiger partial charge in [0.1, 0.15) is 0 Å². The van der Waals surface area contributed by atoms with Gasteiger partial charge in [-0.15, -0.1) is 0 Å². The van der Waals surface area contributed by atoms with E-state index in [0.29, 0.717) is 5.56 Å². The van der Waals surface area contributed by atoms with Gasteiger partial charge in [-0.25, -0.2) is 0 Å². The van der Waals surface area contributed by atoms with Gasteiger partial charge < -0.3 is 5.11 Å². The van der Waals surface area contributed by atoms with Crippen LogP contribution in [0.3, 0.4) is 0 Å². The van der Waals surface area contributed by atoms with Crippen LogP contribution in [0.1, 0.15) is 36.5 Å². The lowest BCUT2D eigenvalue weighted by atomic mass is 9.80. The first-order valence-corrected chi connectivity index (χ1v) is 4.89. The molecule has 0 bridgehead atoms. The van der Waals surface area contributed by atoms with E-state index in [9.17, 15) is 5.11 Å². The first-order valence-electron chi connectivity index (χ1n) is 4.89. The SMILES string of the molecule is CC1(O)CCCc2cc(C#N)ccc21. The molecule has 0 radical (unpaired) electrons. The van der Waals surface area contributed by atoms with Gasteiger partial charge in [-0.3, -0.25) is 0 Å². The molecular weight excluding hydrogens is 174 g/mol.